The number of amides is 1. The van der Waals surface area contributed by atoms with Crippen molar-refractivity contribution in [3.8, 4) is 5.75 Å². The monoisotopic (exact) mass is 352 g/mol. The molecule has 0 aliphatic carbocycles. The average molecular weight is 352 g/mol. The molecule has 3 aromatic rings. The zero-order valence-electron chi connectivity index (χ0n) is 14.9. The minimum absolute atomic E-state index is 0.0578. The Bertz CT molecular complexity index is 964. The van der Waals surface area contributed by atoms with Gasteiger partial charge in [-0.25, -0.2) is 0 Å². The standard InChI is InChI=1S/C19H20N4O3/c1-12(19-22-21-17-6-4-5-9-23(17)19)20-18(25)11-15-10-14(13(2)24)7-8-16(15)26-3/h4-10,12H,11H2,1-3H3,(H,20,25)/t12-/m1/s1. The smallest absolute Gasteiger partial charge is 0.225 e. The third-order valence-electron chi connectivity index (χ3n) is 4.14. The topological polar surface area (TPSA) is 85.6 Å². The normalized spacial score (nSPS) is 12.0. The van der Waals surface area contributed by atoms with Gasteiger partial charge in [-0.3, -0.25) is 14.0 Å². The number of fused-ring (bicyclic) bond motifs is 1. The van der Waals surface area contributed by atoms with Crippen molar-refractivity contribution in [1.29, 1.82) is 0 Å². The van der Waals surface area contributed by atoms with Crippen molar-refractivity contribution >= 4 is 17.3 Å². The second-order valence-corrected chi connectivity index (χ2v) is 6.04. The van der Waals surface area contributed by atoms with Crippen LogP contribution in [-0.2, 0) is 11.2 Å². The van der Waals surface area contributed by atoms with E-state index in [0.29, 0.717) is 22.7 Å². The maximum Gasteiger partial charge on any atom is 0.225 e. The van der Waals surface area contributed by atoms with E-state index in [9.17, 15) is 9.59 Å². The molecule has 1 aromatic carbocycles. The fourth-order valence-corrected chi connectivity index (χ4v) is 2.82. The Labute approximate surface area is 151 Å². The highest BCUT2D eigenvalue weighted by Crippen LogP contribution is 2.21. The predicted octanol–water partition coefficient (Wildman–Crippen LogP) is 2.36. The fraction of sp³-hybridized carbons (Fsp3) is 0.263. The number of hydrogen-bond acceptors (Lipinski definition) is 5. The average Bonchev–Trinajstić information content (AvgIpc) is 3.05. The van der Waals surface area contributed by atoms with Crippen LogP contribution in [-0.4, -0.2) is 33.4 Å². The lowest BCUT2D eigenvalue weighted by Crippen LogP contribution is -2.29. The number of ketones is 1. The van der Waals surface area contributed by atoms with E-state index in [4.69, 9.17) is 4.74 Å². The van der Waals surface area contributed by atoms with Gasteiger partial charge in [0.2, 0.25) is 5.91 Å². The number of carbonyl (C=O) groups excluding carboxylic acids is 2. The molecular formula is C19H20N4O3. The highest BCUT2D eigenvalue weighted by Gasteiger charge is 2.17. The van der Waals surface area contributed by atoms with Gasteiger partial charge in [0.05, 0.1) is 19.6 Å². The van der Waals surface area contributed by atoms with Crippen LogP contribution in [0.5, 0.6) is 5.75 Å². The minimum Gasteiger partial charge on any atom is -0.496 e. The largest absolute Gasteiger partial charge is 0.496 e. The summed E-state index contributed by atoms with van der Waals surface area (Å²) in [6.45, 7) is 3.34. The summed E-state index contributed by atoms with van der Waals surface area (Å²) in [6, 6.07) is 10.4. The summed E-state index contributed by atoms with van der Waals surface area (Å²) in [5, 5.41) is 11.2. The van der Waals surface area contributed by atoms with E-state index in [1.54, 1.807) is 18.2 Å². The Balaban J connectivity index is 1.76. The maximum absolute atomic E-state index is 12.5. The van der Waals surface area contributed by atoms with E-state index >= 15 is 0 Å². The van der Waals surface area contributed by atoms with Crippen molar-refractivity contribution in [3.05, 3.63) is 59.5 Å². The molecule has 0 radical (unpaired) electrons. The molecule has 0 unspecified atom stereocenters. The van der Waals surface area contributed by atoms with E-state index in [1.807, 2.05) is 35.7 Å². The lowest BCUT2D eigenvalue weighted by Gasteiger charge is -2.14. The Morgan fingerprint density at radius 2 is 2.04 bits per heavy atom. The first-order valence-corrected chi connectivity index (χ1v) is 8.26. The second-order valence-electron chi connectivity index (χ2n) is 6.04. The van der Waals surface area contributed by atoms with E-state index < -0.39 is 0 Å². The van der Waals surface area contributed by atoms with Gasteiger partial charge in [-0.15, -0.1) is 10.2 Å². The number of nitrogens with one attached hydrogen (secondary N) is 1. The molecule has 0 saturated heterocycles. The predicted molar refractivity (Wildman–Crippen MR) is 96.2 cm³/mol. The van der Waals surface area contributed by atoms with Crippen LogP contribution in [0.25, 0.3) is 5.65 Å². The van der Waals surface area contributed by atoms with Crippen molar-refractivity contribution in [1.82, 2.24) is 19.9 Å². The van der Waals surface area contributed by atoms with E-state index in [-0.39, 0.29) is 24.2 Å². The van der Waals surface area contributed by atoms with Gasteiger partial charge in [0.15, 0.2) is 17.3 Å². The molecule has 3 rings (SSSR count). The molecule has 2 heterocycles. The molecule has 0 bridgehead atoms. The van der Waals surface area contributed by atoms with Crippen LogP contribution >= 0.6 is 0 Å². The Morgan fingerprint density at radius 3 is 2.77 bits per heavy atom. The van der Waals surface area contributed by atoms with Crippen LogP contribution in [0.1, 0.15) is 41.6 Å². The molecule has 26 heavy (non-hydrogen) atoms. The summed E-state index contributed by atoms with van der Waals surface area (Å²) in [5.41, 5.74) is 1.93. The molecule has 0 aliphatic rings. The van der Waals surface area contributed by atoms with Crippen molar-refractivity contribution in [2.45, 2.75) is 26.3 Å². The quantitative estimate of drug-likeness (QED) is 0.688. The van der Waals surface area contributed by atoms with Gasteiger partial charge < -0.3 is 10.1 Å². The first-order chi connectivity index (χ1) is 12.5. The van der Waals surface area contributed by atoms with Gasteiger partial charge in [-0.2, -0.15) is 0 Å². The molecule has 0 saturated carbocycles. The number of methoxy groups -OCH3 is 1. The van der Waals surface area contributed by atoms with Crippen LogP contribution in [0.3, 0.4) is 0 Å². The Morgan fingerprint density at radius 1 is 1.23 bits per heavy atom. The van der Waals surface area contributed by atoms with E-state index in [2.05, 4.69) is 15.5 Å². The summed E-state index contributed by atoms with van der Waals surface area (Å²) >= 11 is 0. The molecule has 1 atom stereocenters. The van der Waals surface area contributed by atoms with Gasteiger partial charge in [0, 0.05) is 17.3 Å². The lowest BCUT2D eigenvalue weighted by atomic mass is 10.0. The molecule has 1 N–H and O–H groups in total. The first-order valence-electron chi connectivity index (χ1n) is 8.26. The van der Waals surface area contributed by atoms with Gasteiger partial charge in [0.1, 0.15) is 5.75 Å². The van der Waals surface area contributed by atoms with Gasteiger partial charge in [-0.05, 0) is 44.2 Å². The first kappa shape index (κ1) is 17.6. The number of carbonyl (C=O) groups is 2. The van der Waals surface area contributed by atoms with Crippen molar-refractivity contribution in [2.24, 2.45) is 0 Å². The number of hydrogen-bond donors (Lipinski definition) is 1. The summed E-state index contributed by atoms with van der Waals surface area (Å²) in [6.07, 6.45) is 1.96. The Kier molecular flexibility index (Phi) is 4.97. The Hall–Kier alpha value is -3.22. The maximum atomic E-state index is 12.5. The van der Waals surface area contributed by atoms with Crippen LogP contribution in [0, 0.1) is 0 Å². The molecule has 7 heteroatoms. The van der Waals surface area contributed by atoms with Crippen LogP contribution in [0.2, 0.25) is 0 Å². The van der Waals surface area contributed by atoms with Crippen LogP contribution in [0.4, 0.5) is 0 Å². The number of nitrogens with zero attached hydrogens (tertiary/aromatic N) is 3. The molecule has 0 aliphatic heterocycles. The van der Waals surface area contributed by atoms with Crippen LogP contribution in [0.15, 0.2) is 42.6 Å². The molecule has 134 valence electrons. The molecule has 0 fully saturated rings. The van der Waals surface area contributed by atoms with Crippen molar-refractivity contribution in [3.63, 3.8) is 0 Å². The second kappa shape index (κ2) is 7.35. The number of ether oxygens (including phenoxy) is 1. The van der Waals surface area contributed by atoms with Crippen LogP contribution < -0.4 is 10.1 Å². The molecular weight excluding hydrogens is 332 g/mol. The summed E-state index contributed by atoms with van der Waals surface area (Å²) in [5.74, 6) is 0.978. The molecule has 1 amide bonds. The highest BCUT2D eigenvalue weighted by molar-refractivity contribution is 5.94. The van der Waals surface area contributed by atoms with Gasteiger partial charge in [0.25, 0.3) is 0 Å². The fourth-order valence-electron chi connectivity index (χ4n) is 2.82. The lowest BCUT2D eigenvalue weighted by molar-refractivity contribution is -0.121. The molecule has 0 spiro atoms. The number of pyridine rings is 1. The summed E-state index contributed by atoms with van der Waals surface area (Å²) < 4.78 is 7.13. The van der Waals surface area contributed by atoms with Gasteiger partial charge >= 0.3 is 0 Å². The summed E-state index contributed by atoms with van der Waals surface area (Å²) in [4.78, 5) is 24.1. The zero-order chi connectivity index (χ0) is 18.7. The van der Waals surface area contributed by atoms with E-state index in [1.165, 1.54) is 14.0 Å². The molecule has 7 nitrogen and oxygen atoms in total. The third-order valence-corrected chi connectivity index (χ3v) is 4.14. The highest BCUT2D eigenvalue weighted by atomic mass is 16.5. The van der Waals surface area contributed by atoms with Crippen molar-refractivity contribution in [2.75, 3.05) is 7.11 Å². The third kappa shape index (κ3) is 3.56. The zero-order valence-corrected chi connectivity index (χ0v) is 14.9. The van der Waals surface area contributed by atoms with Gasteiger partial charge in [-0.1, -0.05) is 6.07 Å². The number of aromatic nitrogens is 3. The molecule has 2 aromatic heterocycles. The number of rotatable bonds is 6. The SMILES string of the molecule is COc1ccc(C(C)=O)cc1CC(=O)N[C@H](C)c1nnc2ccccn12. The summed E-state index contributed by atoms with van der Waals surface area (Å²) in [7, 11) is 1.54. The minimum atomic E-state index is -0.318. The number of Topliss-reactive ketones (excluding diaryl/α,β-unsaturated/α-hetero) is 1. The van der Waals surface area contributed by atoms with E-state index in [0.717, 1.165) is 5.65 Å². The number of benzene rings is 1. The van der Waals surface area contributed by atoms with Crippen molar-refractivity contribution < 1.29 is 14.3 Å².